The van der Waals surface area contributed by atoms with E-state index in [0.29, 0.717) is 18.5 Å². The Bertz CT molecular complexity index is 1070. The fourth-order valence-corrected chi connectivity index (χ4v) is 4.11. The van der Waals surface area contributed by atoms with Crippen molar-refractivity contribution in [3.8, 4) is 10.4 Å². The van der Waals surface area contributed by atoms with Crippen molar-refractivity contribution < 1.29 is 17.6 Å². The molecule has 154 valence electrons. The van der Waals surface area contributed by atoms with Crippen molar-refractivity contribution in [1.82, 2.24) is 10.3 Å². The standard InChI is InChI=1S/C21H20F4N2OS/c1-3-13-9-16(12(2)27-20(13)28)18-8-7-15(29-18)11-26-10-14-5-4-6-17(19(14)22)21(23,24)25/h4-9,26H,3,10-11H2,1-2H3,(H,27,28). The van der Waals surface area contributed by atoms with Crippen molar-refractivity contribution in [1.29, 1.82) is 0 Å². The van der Waals surface area contributed by atoms with Gasteiger partial charge in [0.1, 0.15) is 5.82 Å². The van der Waals surface area contributed by atoms with Crippen LogP contribution in [0.3, 0.4) is 0 Å². The van der Waals surface area contributed by atoms with Crippen LogP contribution in [0, 0.1) is 12.7 Å². The number of aromatic amines is 1. The van der Waals surface area contributed by atoms with E-state index >= 15 is 0 Å². The highest BCUT2D eigenvalue weighted by atomic mass is 32.1. The summed E-state index contributed by atoms with van der Waals surface area (Å²) < 4.78 is 52.5. The van der Waals surface area contributed by atoms with E-state index in [4.69, 9.17) is 0 Å². The van der Waals surface area contributed by atoms with Crippen molar-refractivity contribution in [2.75, 3.05) is 0 Å². The number of hydrogen-bond donors (Lipinski definition) is 2. The van der Waals surface area contributed by atoms with Gasteiger partial charge in [-0.1, -0.05) is 19.1 Å². The normalized spacial score (nSPS) is 11.8. The summed E-state index contributed by atoms with van der Waals surface area (Å²) in [5.41, 5.74) is 1.06. The van der Waals surface area contributed by atoms with E-state index in [-0.39, 0.29) is 17.7 Å². The SMILES string of the molecule is CCc1cc(-c2ccc(CNCc3cccc(C(F)(F)F)c3F)s2)c(C)[nH]c1=O. The summed E-state index contributed by atoms with van der Waals surface area (Å²) in [7, 11) is 0. The Hall–Kier alpha value is -2.45. The van der Waals surface area contributed by atoms with Crippen LogP contribution < -0.4 is 10.9 Å². The van der Waals surface area contributed by atoms with Crippen LogP contribution in [-0.4, -0.2) is 4.98 Å². The van der Waals surface area contributed by atoms with Crippen LogP contribution in [0.4, 0.5) is 17.6 Å². The molecule has 0 aliphatic heterocycles. The molecule has 0 atom stereocenters. The van der Waals surface area contributed by atoms with E-state index in [9.17, 15) is 22.4 Å². The lowest BCUT2D eigenvalue weighted by molar-refractivity contribution is -0.140. The molecule has 0 amide bonds. The van der Waals surface area contributed by atoms with Gasteiger partial charge in [-0.3, -0.25) is 4.79 Å². The third-order valence-electron chi connectivity index (χ3n) is 4.62. The van der Waals surface area contributed by atoms with Crippen LogP contribution in [0.25, 0.3) is 10.4 Å². The Morgan fingerprint density at radius 3 is 2.55 bits per heavy atom. The van der Waals surface area contributed by atoms with Gasteiger partial charge in [0.15, 0.2) is 0 Å². The molecule has 0 unspecified atom stereocenters. The van der Waals surface area contributed by atoms with Gasteiger partial charge >= 0.3 is 6.18 Å². The lowest BCUT2D eigenvalue weighted by atomic mass is 10.1. The lowest BCUT2D eigenvalue weighted by Crippen LogP contribution is -2.16. The van der Waals surface area contributed by atoms with Gasteiger partial charge in [-0.05, 0) is 37.6 Å². The first-order chi connectivity index (χ1) is 13.7. The summed E-state index contributed by atoms with van der Waals surface area (Å²) >= 11 is 1.51. The number of nitrogens with one attached hydrogen (secondary N) is 2. The molecule has 0 fully saturated rings. The second-order valence-corrected chi connectivity index (χ2v) is 7.83. The molecular formula is C21H20F4N2OS. The van der Waals surface area contributed by atoms with Crippen molar-refractivity contribution in [3.63, 3.8) is 0 Å². The third kappa shape index (κ3) is 4.76. The van der Waals surface area contributed by atoms with Crippen molar-refractivity contribution >= 4 is 11.3 Å². The van der Waals surface area contributed by atoms with E-state index in [1.807, 2.05) is 32.0 Å². The molecule has 0 saturated heterocycles. The summed E-state index contributed by atoms with van der Waals surface area (Å²) in [5, 5.41) is 2.99. The summed E-state index contributed by atoms with van der Waals surface area (Å²) in [6.45, 7) is 4.13. The highest BCUT2D eigenvalue weighted by Crippen LogP contribution is 2.33. The zero-order valence-corrected chi connectivity index (χ0v) is 16.7. The Morgan fingerprint density at radius 2 is 1.86 bits per heavy atom. The highest BCUT2D eigenvalue weighted by Gasteiger charge is 2.34. The largest absolute Gasteiger partial charge is 0.419 e. The van der Waals surface area contributed by atoms with Gasteiger partial charge in [0.05, 0.1) is 5.56 Å². The Balaban J connectivity index is 1.71. The number of H-pyrrole nitrogens is 1. The fourth-order valence-electron chi connectivity index (χ4n) is 3.06. The maximum absolute atomic E-state index is 14.1. The monoisotopic (exact) mass is 424 g/mol. The molecule has 0 radical (unpaired) electrons. The molecule has 3 rings (SSSR count). The first kappa shape index (κ1) is 21.3. The molecule has 29 heavy (non-hydrogen) atoms. The average molecular weight is 424 g/mol. The summed E-state index contributed by atoms with van der Waals surface area (Å²) in [6.07, 6.45) is -4.08. The van der Waals surface area contributed by atoms with E-state index in [1.54, 1.807) is 0 Å². The lowest BCUT2D eigenvalue weighted by Gasteiger charge is -2.11. The molecule has 0 aliphatic carbocycles. The number of halogens is 4. The van der Waals surface area contributed by atoms with Gasteiger partial charge in [-0.2, -0.15) is 13.2 Å². The first-order valence-electron chi connectivity index (χ1n) is 9.08. The molecule has 2 N–H and O–H groups in total. The minimum absolute atomic E-state index is 0.0132. The Labute approximate surface area is 169 Å². The van der Waals surface area contributed by atoms with Gasteiger partial charge in [0.2, 0.25) is 0 Å². The molecule has 0 bridgehead atoms. The molecule has 8 heteroatoms. The fraction of sp³-hybridized carbons (Fsp3) is 0.286. The summed E-state index contributed by atoms with van der Waals surface area (Å²) in [5.74, 6) is -1.24. The van der Waals surface area contributed by atoms with Gasteiger partial charge in [-0.15, -0.1) is 11.3 Å². The Morgan fingerprint density at radius 1 is 1.10 bits per heavy atom. The molecule has 0 saturated carbocycles. The Kier molecular flexibility index (Phi) is 6.24. The minimum Gasteiger partial charge on any atom is -0.326 e. The predicted octanol–water partition coefficient (Wildman–Crippen LogP) is 5.42. The quantitative estimate of drug-likeness (QED) is 0.519. The van der Waals surface area contributed by atoms with E-state index < -0.39 is 17.6 Å². The summed E-state index contributed by atoms with van der Waals surface area (Å²) in [4.78, 5) is 16.7. The molecule has 0 aliphatic rings. The number of hydrogen-bond acceptors (Lipinski definition) is 3. The number of pyridine rings is 1. The van der Waals surface area contributed by atoms with Crippen molar-refractivity contribution in [2.24, 2.45) is 0 Å². The molecule has 2 heterocycles. The topological polar surface area (TPSA) is 44.9 Å². The molecule has 2 aromatic heterocycles. The molecule has 1 aromatic carbocycles. The van der Waals surface area contributed by atoms with Gasteiger partial charge in [-0.25, -0.2) is 4.39 Å². The maximum atomic E-state index is 14.1. The number of aryl methyl sites for hydroxylation is 2. The zero-order valence-electron chi connectivity index (χ0n) is 15.9. The predicted molar refractivity (Wildman–Crippen MR) is 106 cm³/mol. The van der Waals surface area contributed by atoms with Crippen LogP contribution in [0.5, 0.6) is 0 Å². The van der Waals surface area contributed by atoms with Crippen molar-refractivity contribution in [3.05, 3.63) is 79.8 Å². The molecular weight excluding hydrogens is 404 g/mol. The third-order valence-corrected chi connectivity index (χ3v) is 5.74. The van der Waals surface area contributed by atoms with Crippen LogP contribution in [-0.2, 0) is 25.7 Å². The highest BCUT2D eigenvalue weighted by molar-refractivity contribution is 7.15. The average Bonchev–Trinajstić information content (AvgIpc) is 3.11. The number of benzene rings is 1. The van der Waals surface area contributed by atoms with Crippen LogP contribution in [0.1, 0.15) is 34.2 Å². The first-order valence-corrected chi connectivity index (χ1v) is 9.89. The van der Waals surface area contributed by atoms with E-state index in [1.165, 1.54) is 23.5 Å². The number of alkyl halides is 3. The molecule has 0 spiro atoms. The molecule has 3 aromatic rings. The van der Waals surface area contributed by atoms with Gasteiger partial charge in [0.25, 0.3) is 5.56 Å². The molecule has 3 nitrogen and oxygen atoms in total. The van der Waals surface area contributed by atoms with Crippen LogP contribution >= 0.6 is 11.3 Å². The zero-order chi connectivity index (χ0) is 21.2. The van der Waals surface area contributed by atoms with Gasteiger partial charge < -0.3 is 10.3 Å². The van der Waals surface area contributed by atoms with Crippen LogP contribution in [0.15, 0.2) is 41.2 Å². The second kappa shape index (κ2) is 8.51. The maximum Gasteiger partial charge on any atom is 0.419 e. The van der Waals surface area contributed by atoms with Crippen LogP contribution in [0.2, 0.25) is 0 Å². The van der Waals surface area contributed by atoms with Gasteiger partial charge in [0, 0.05) is 45.2 Å². The smallest absolute Gasteiger partial charge is 0.326 e. The number of aromatic nitrogens is 1. The minimum atomic E-state index is -4.71. The van der Waals surface area contributed by atoms with E-state index in [0.717, 1.165) is 27.1 Å². The van der Waals surface area contributed by atoms with Crippen molar-refractivity contribution in [2.45, 2.75) is 39.5 Å². The summed E-state index contributed by atoms with van der Waals surface area (Å²) in [6, 6.07) is 9.01. The second-order valence-electron chi connectivity index (χ2n) is 6.66. The number of rotatable bonds is 6. The van der Waals surface area contributed by atoms with E-state index in [2.05, 4.69) is 10.3 Å². The number of thiophene rings is 1.